The van der Waals surface area contributed by atoms with Crippen molar-refractivity contribution in [3.8, 4) is 11.1 Å². The predicted octanol–water partition coefficient (Wildman–Crippen LogP) is 5.01. The van der Waals surface area contributed by atoms with E-state index in [0.29, 0.717) is 5.56 Å². The first-order chi connectivity index (χ1) is 13.2. The van der Waals surface area contributed by atoms with Crippen LogP contribution in [0.15, 0.2) is 95.4 Å². The number of aromatic nitrogens is 1. The molecule has 27 heavy (non-hydrogen) atoms. The van der Waals surface area contributed by atoms with Gasteiger partial charge in [-0.25, -0.2) is 0 Å². The summed E-state index contributed by atoms with van der Waals surface area (Å²) in [7, 11) is 0. The highest BCUT2D eigenvalue weighted by atomic mass is 15.3. The number of hydrogen-bond acceptors (Lipinski definition) is 2. The Bertz CT molecular complexity index is 1130. The molecule has 0 spiro atoms. The molecule has 0 aliphatic rings. The molecule has 4 aromatic rings. The van der Waals surface area contributed by atoms with Gasteiger partial charge in [0.05, 0.1) is 0 Å². The van der Waals surface area contributed by atoms with Gasteiger partial charge >= 0.3 is 0 Å². The van der Waals surface area contributed by atoms with E-state index in [1.54, 1.807) is 0 Å². The Labute approximate surface area is 157 Å². The van der Waals surface area contributed by atoms with Gasteiger partial charge in [-0.05, 0) is 47.0 Å². The molecule has 0 saturated carbocycles. The fourth-order valence-corrected chi connectivity index (χ4v) is 3.28. The number of hydrogen-bond donors (Lipinski definition) is 2. The maximum Gasteiger partial charge on any atom is 0.176 e. The van der Waals surface area contributed by atoms with Crippen LogP contribution in [-0.2, 0) is 6.54 Å². The van der Waals surface area contributed by atoms with E-state index in [2.05, 4.69) is 69.6 Å². The van der Waals surface area contributed by atoms with Crippen molar-refractivity contribution in [2.45, 2.75) is 6.54 Å². The van der Waals surface area contributed by atoms with Gasteiger partial charge in [0.1, 0.15) is 0 Å². The molecule has 1 heterocycles. The van der Waals surface area contributed by atoms with Crippen LogP contribution in [0.1, 0.15) is 11.1 Å². The third kappa shape index (κ3) is 3.48. The number of benzene rings is 3. The second-order valence-electron chi connectivity index (χ2n) is 6.35. The van der Waals surface area contributed by atoms with Gasteiger partial charge in [0.15, 0.2) is 5.84 Å². The number of fused-ring (bicyclic) bond motifs is 1. The molecule has 132 valence electrons. The highest BCUT2D eigenvalue weighted by molar-refractivity contribution is 6.00. The Hall–Kier alpha value is -3.73. The maximum atomic E-state index is 7.85. The molecule has 0 fully saturated rings. The molecule has 0 aliphatic heterocycles. The fourth-order valence-electron chi connectivity index (χ4n) is 3.28. The average Bonchev–Trinajstić information content (AvgIpc) is 3.11. The smallest absolute Gasteiger partial charge is 0.176 e. The zero-order chi connectivity index (χ0) is 18.6. The molecule has 0 bridgehead atoms. The van der Waals surface area contributed by atoms with Crippen molar-refractivity contribution in [3.63, 3.8) is 0 Å². The van der Waals surface area contributed by atoms with Crippen molar-refractivity contribution in [1.29, 1.82) is 5.41 Å². The summed E-state index contributed by atoms with van der Waals surface area (Å²) in [5, 5.41) is 15.7. The first-order valence-corrected chi connectivity index (χ1v) is 8.68. The normalized spacial score (nSPS) is 11.3. The minimum absolute atomic E-state index is 0.0581. The highest BCUT2D eigenvalue weighted by Gasteiger charge is 2.07. The molecule has 0 atom stereocenters. The Morgan fingerprint density at radius 1 is 0.889 bits per heavy atom. The zero-order valence-electron chi connectivity index (χ0n) is 14.7. The van der Waals surface area contributed by atoms with Gasteiger partial charge in [-0.3, -0.25) is 5.41 Å². The van der Waals surface area contributed by atoms with Crippen molar-refractivity contribution in [1.82, 2.24) is 4.57 Å². The number of amidine groups is 1. The molecular formula is C22H19N5. The summed E-state index contributed by atoms with van der Waals surface area (Å²) in [5.74, 6) is 5.10. The van der Waals surface area contributed by atoms with Crippen LogP contribution >= 0.6 is 0 Å². The van der Waals surface area contributed by atoms with Crippen molar-refractivity contribution in [2.24, 2.45) is 16.2 Å². The molecule has 0 amide bonds. The monoisotopic (exact) mass is 353 g/mol. The molecule has 0 aliphatic carbocycles. The first kappa shape index (κ1) is 16.7. The van der Waals surface area contributed by atoms with Gasteiger partial charge in [-0.2, -0.15) is 0 Å². The molecule has 5 nitrogen and oxygen atoms in total. The summed E-state index contributed by atoms with van der Waals surface area (Å²) in [6, 6.07) is 26.9. The quantitative estimate of drug-likeness (QED) is 0.175. The lowest BCUT2D eigenvalue weighted by Gasteiger charge is -2.09. The van der Waals surface area contributed by atoms with E-state index in [4.69, 9.17) is 11.3 Å². The molecule has 0 unspecified atom stereocenters. The second-order valence-corrected chi connectivity index (χ2v) is 6.35. The van der Waals surface area contributed by atoms with Gasteiger partial charge in [0.2, 0.25) is 0 Å². The molecule has 1 aromatic heterocycles. The maximum absolute atomic E-state index is 7.85. The Kier molecular flexibility index (Phi) is 4.49. The van der Waals surface area contributed by atoms with Crippen LogP contribution in [0, 0.1) is 5.41 Å². The van der Waals surface area contributed by atoms with Crippen LogP contribution in [0.5, 0.6) is 0 Å². The van der Waals surface area contributed by atoms with E-state index >= 15 is 0 Å². The van der Waals surface area contributed by atoms with Crippen LogP contribution in [0.3, 0.4) is 0 Å². The summed E-state index contributed by atoms with van der Waals surface area (Å²) < 4.78 is 2.21. The van der Waals surface area contributed by atoms with Crippen molar-refractivity contribution in [2.75, 3.05) is 0 Å². The summed E-state index contributed by atoms with van der Waals surface area (Å²) in [5.41, 5.74) is 5.48. The van der Waals surface area contributed by atoms with Gasteiger partial charge in [-0.15, -0.1) is 5.11 Å². The standard InChI is InChI=1S/C22H19N5/c23-22(25-26-24)20-9-10-21-19(14-20)11-12-27(21)15-16-5-4-8-18(13-16)17-6-2-1-3-7-17/h1-14H,15H2,(H3,23,24,25). The zero-order valence-corrected chi connectivity index (χ0v) is 14.7. The van der Waals surface area contributed by atoms with E-state index in [1.807, 2.05) is 30.3 Å². The summed E-state index contributed by atoms with van der Waals surface area (Å²) in [6.07, 6.45) is 2.07. The first-order valence-electron chi connectivity index (χ1n) is 8.68. The Morgan fingerprint density at radius 2 is 1.70 bits per heavy atom. The highest BCUT2D eigenvalue weighted by Crippen LogP contribution is 2.23. The average molecular weight is 353 g/mol. The molecule has 3 aromatic carbocycles. The molecule has 0 radical (unpaired) electrons. The van der Waals surface area contributed by atoms with Crippen molar-refractivity contribution < 1.29 is 0 Å². The summed E-state index contributed by atoms with van der Waals surface area (Å²) >= 11 is 0. The predicted molar refractivity (Wildman–Crippen MR) is 109 cm³/mol. The summed E-state index contributed by atoms with van der Waals surface area (Å²) in [4.78, 5) is 0. The van der Waals surface area contributed by atoms with E-state index in [-0.39, 0.29) is 5.84 Å². The van der Waals surface area contributed by atoms with Crippen molar-refractivity contribution in [3.05, 3.63) is 96.2 Å². The third-order valence-corrected chi connectivity index (χ3v) is 4.59. The van der Waals surface area contributed by atoms with Gasteiger partial charge in [0.25, 0.3) is 0 Å². The molecule has 5 heteroatoms. The van der Waals surface area contributed by atoms with Crippen LogP contribution in [0.4, 0.5) is 0 Å². The van der Waals surface area contributed by atoms with Gasteiger partial charge < -0.3 is 10.4 Å². The largest absolute Gasteiger partial charge is 0.343 e. The van der Waals surface area contributed by atoms with E-state index < -0.39 is 0 Å². The lowest BCUT2D eigenvalue weighted by molar-refractivity contribution is 0.837. The number of nitrogens with two attached hydrogens (primary N) is 1. The number of rotatable bonds is 4. The van der Waals surface area contributed by atoms with E-state index in [0.717, 1.165) is 17.4 Å². The minimum Gasteiger partial charge on any atom is -0.343 e. The lowest BCUT2D eigenvalue weighted by atomic mass is 10.0. The van der Waals surface area contributed by atoms with Crippen LogP contribution in [-0.4, -0.2) is 10.4 Å². The van der Waals surface area contributed by atoms with Crippen LogP contribution in [0.2, 0.25) is 0 Å². The van der Waals surface area contributed by atoms with Crippen LogP contribution < -0.4 is 5.84 Å². The van der Waals surface area contributed by atoms with Gasteiger partial charge in [0, 0.05) is 29.2 Å². The lowest BCUT2D eigenvalue weighted by Crippen LogP contribution is -1.99. The van der Waals surface area contributed by atoms with Crippen LogP contribution in [0.25, 0.3) is 22.0 Å². The van der Waals surface area contributed by atoms with Gasteiger partial charge in [-0.1, -0.05) is 53.8 Å². The second kappa shape index (κ2) is 7.25. The Morgan fingerprint density at radius 3 is 2.52 bits per heavy atom. The Balaban J connectivity index is 1.63. The van der Waals surface area contributed by atoms with E-state index in [9.17, 15) is 0 Å². The number of nitrogens with zero attached hydrogens (tertiary/aromatic N) is 3. The number of nitrogens with one attached hydrogen (secondary N) is 1. The SMILES string of the molecule is N=C(N=NN)c1ccc2c(ccn2Cc2cccc(-c3ccccc3)c2)c1. The molecular weight excluding hydrogens is 334 g/mol. The summed E-state index contributed by atoms with van der Waals surface area (Å²) in [6.45, 7) is 0.781. The fraction of sp³-hybridized carbons (Fsp3) is 0.0455. The third-order valence-electron chi connectivity index (χ3n) is 4.59. The molecule has 4 rings (SSSR count). The molecule has 0 saturated heterocycles. The minimum atomic E-state index is 0.0581. The molecule has 3 N–H and O–H groups in total. The topological polar surface area (TPSA) is 79.5 Å². The van der Waals surface area contributed by atoms with Crippen molar-refractivity contribution >= 4 is 16.7 Å². The van der Waals surface area contributed by atoms with E-state index in [1.165, 1.54) is 16.7 Å².